The van der Waals surface area contributed by atoms with E-state index in [2.05, 4.69) is 19.4 Å². The molecule has 0 spiro atoms. The van der Waals surface area contributed by atoms with Gasteiger partial charge in [0.15, 0.2) is 0 Å². The van der Waals surface area contributed by atoms with Crippen LogP contribution >= 0.6 is 12.5 Å². The molecule has 0 saturated heterocycles. The predicted molar refractivity (Wildman–Crippen MR) is 45.9 cm³/mol. The first kappa shape index (κ1) is 9.37. The smallest absolute Gasteiger partial charge is 0.355 e. The van der Waals surface area contributed by atoms with Crippen LogP contribution in [0, 0.1) is 0 Å². The molecular weight excluding hydrogens is 131 g/mol. The average Bonchev–Trinajstić information content (AvgIpc) is 1.80. The van der Waals surface area contributed by atoms with Gasteiger partial charge >= 0.3 is 6.19 Å². The summed E-state index contributed by atoms with van der Waals surface area (Å²) in [5.41, 5.74) is 0. The van der Waals surface area contributed by atoms with Crippen molar-refractivity contribution in [2.75, 3.05) is 0 Å². The van der Waals surface area contributed by atoms with Crippen LogP contribution in [0.4, 0.5) is 0 Å². The third-order valence-corrected chi connectivity index (χ3v) is 1.57. The number of hydrogen-bond acceptors (Lipinski definition) is 2. The van der Waals surface area contributed by atoms with Gasteiger partial charge in [-0.05, 0) is 6.32 Å². The van der Waals surface area contributed by atoms with Crippen LogP contribution in [-0.2, 0) is 0 Å². The third-order valence-electron chi connectivity index (χ3n) is 1.32. The zero-order valence-corrected chi connectivity index (χ0v) is 6.90. The quantitative estimate of drug-likeness (QED) is 0.345. The first-order chi connectivity index (χ1) is 4.27. The molecule has 0 bridgehead atoms. The van der Waals surface area contributed by atoms with Crippen LogP contribution in [0.3, 0.4) is 0 Å². The van der Waals surface area contributed by atoms with Crippen molar-refractivity contribution in [2.45, 2.75) is 38.9 Å². The van der Waals surface area contributed by atoms with Gasteiger partial charge in [0.05, 0.1) is 0 Å². The number of unbranched alkanes of at least 4 members (excludes halogenated alkanes) is 3. The van der Waals surface area contributed by atoms with Crippen molar-refractivity contribution < 1.29 is 5.02 Å². The molecule has 0 amide bonds. The van der Waals surface area contributed by atoms with Crippen LogP contribution in [0.5, 0.6) is 0 Å². The molecule has 0 aromatic rings. The lowest BCUT2D eigenvalue weighted by atomic mass is 9.90. The lowest BCUT2D eigenvalue weighted by molar-refractivity contribution is 0.582. The summed E-state index contributed by atoms with van der Waals surface area (Å²) < 4.78 is 0. The molecule has 3 heteroatoms. The van der Waals surface area contributed by atoms with Gasteiger partial charge in [0.25, 0.3) is 0 Å². The van der Waals surface area contributed by atoms with Gasteiger partial charge in [-0.25, -0.2) is 0 Å². The maximum absolute atomic E-state index is 8.72. The lowest BCUT2D eigenvalue weighted by Crippen LogP contribution is -2.00. The Morgan fingerprint density at radius 2 is 2.00 bits per heavy atom. The lowest BCUT2D eigenvalue weighted by Gasteiger charge is -1.97. The van der Waals surface area contributed by atoms with E-state index in [0.717, 1.165) is 12.7 Å². The van der Waals surface area contributed by atoms with E-state index in [-0.39, 0.29) is 0 Å². The summed E-state index contributed by atoms with van der Waals surface area (Å²) in [5.74, 6) is 0. The molecule has 0 unspecified atom stereocenters. The van der Waals surface area contributed by atoms with E-state index in [4.69, 9.17) is 5.02 Å². The molecule has 1 nitrogen and oxygen atoms in total. The van der Waals surface area contributed by atoms with Crippen LogP contribution < -0.4 is 0 Å². The zero-order chi connectivity index (χ0) is 7.11. The van der Waals surface area contributed by atoms with Gasteiger partial charge in [-0.1, -0.05) is 32.6 Å². The Morgan fingerprint density at radius 1 is 1.33 bits per heavy atom. The molecule has 0 radical (unpaired) electrons. The fourth-order valence-electron chi connectivity index (χ4n) is 0.754. The molecular formula is C6H15BOS. The molecule has 0 saturated carbocycles. The van der Waals surface area contributed by atoms with Crippen molar-refractivity contribution in [3.63, 3.8) is 0 Å². The molecule has 0 aromatic heterocycles. The topological polar surface area (TPSA) is 20.2 Å². The van der Waals surface area contributed by atoms with Crippen molar-refractivity contribution in [3.8, 4) is 0 Å². The second-order valence-electron chi connectivity index (χ2n) is 2.33. The summed E-state index contributed by atoms with van der Waals surface area (Å²) in [4.78, 5) is 0. The molecule has 0 aromatic carbocycles. The molecule has 0 fully saturated rings. The van der Waals surface area contributed by atoms with E-state index in [1.54, 1.807) is 0 Å². The standard InChI is InChI=1S/C6H15BOS/c1-2-3-4-5-6-7(8)9/h8-9H,2-6H2,1H3. The zero-order valence-electron chi connectivity index (χ0n) is 6.01. The van der Waals surface area contributed by atoms with E-state index >= 15 is 0 Å². The molecule has 9 heavy (non-hydrogen) atoms. The summed E-state index contributed by atoms with van der Waals surface area (Å²) in [5, 5.41) is 8.72. The summed E-state index contributed by atoms with van der Waals surface area (Å²) in [6.07, 6.45) is 5.31. The minimum absolute atomic E-state index is 0.401. The van der Waals surface area contributed by atoms with Gasteiger partial charge in [0.1, 0.15) is 0 Å². The van der Waals surface area contributed by atoms with E-state index in [1.807, 2.05) is 0 Å². The van der Waals surface area contributed by atoms with Gasteiger partial charge in [-0.3, -0.25) is 0 Å². The normalized spacial score (nSPS) is 9.67. The number of hydrogen-bond donors (Lipinski definition) is 2. The van der Waals surface area contributed by atoms with Gasteiger partial charge < -0.3 is 5.02 Å². The molecule has 0 rings (SSSR count). The minimum atomic E-state index is -0.401. The van der Waals surface area contributed by atoms with Gasteiger partial charge in [-0.15, -0.1) is 0 Å². The van der Waals surface area contributed by atoms with Crippen LogP contribution in [0.1, 0.15) is 32.6 Å². The van der Waals surface area contributed by atoms with Crippen LogP contribution in [-0.4, -0.2) is 11.2 Å². The van der Waals surface area contributed by atoms with Crippen molar-refractivity contribution in [3.05, 3.63) is 0 Å². The van der Waals surface area contributed by atoms with Crippen molar-refractivity contribution in [2.24, 2.45) is 0 Å². The van der Waals surface area contributed by atoms with Crippen LogP contribution in [0.15, 0.2) is 0 Å². The Balaban J connectivity index is 2.75. The van der Waals surface area contributed by atoms with Crippen LogP contribution in [0.2, 0.25) is 6.32 Å². The first-order valence-electron chi connectivity index (χ1n) is 3.63. The summed E-state index contributed by atoms with van der Waals surface area (Å²) in [6.45, 7) is 2.18. The van der Waals surface area contributed by atoms with Gasteiger partial charge in [0.2, 0.25) is 0 Å². The molecule has 0 aliphatic carbocycles. The fourth-order valence-corrected chi connectivity index (χ4v) is 0.936. The summed E-state index contributed by atoms with van der Waals surface area (Å²) >= 11 is 3.86. The Bertz CT molecular complexity index is 59.0. The summed E-state index contributed by atoms with van der Waals surface area (Å²) in [7, 11) is 0. The molecule has 0 heterocycles. The maximum Gasteiger partial charge on any atom is 0.355 e. The Morgan fingerprint density at radius 3 is 2.44 bits per heavy atom. The van der Waals surface area contributed by atoms with Crippen molar-refractivity contribution in [1.82, 2.24) is 0 Å². The maximum atomic E-state index is 8.72. The molecule has 1 N–H and O–H groups in total. The van der Waals surface area contributed by atoms with Crippen molar-refractivity contribution in [1.29, 1.82) is 0 Å². The molecule has 54 valence electrons. The highest BCUT2D eigenvalue weighted by Gasteiger charge is 2.01. The third kappa shape index (κ3) is 8.37. The highest BCUT2D eigenvalue weighted by Crippen LogP contribution is 2.05. The molecule has 0 atom stereocenters. The molecule has 0 aliphatic heterocycles. The van der Waals surface area contributed by atoms with E-state index in [9.17, 15) is 0 Å². The monoisotopic (exact) mass is 146 g/mol. The first-order valence-corrected chi connectivity index (χ1v) is 4.15. The largest absolute Gasteiger partial charge is 0.442 e. The Labute approximate surface area is 63.3 Å². The summed E-state index contributed by atoms with van der Waals surface area (Å²) in [6, 6.07) is 0. The highest BCUT2D eigenvalue weighted by atomic mass is 32.1. The van der Waals surface area contributed by atoms with Gasteiger partial charge in [-0.2, -0.15) is 12.5 Å². The molecule has 0 aliphatic rings. The number of thiol groups is 1. The Kier molecular flexibility index (Phi) is 6.76. The van der Waals surface area contributed by atoms with E-state index < -0.39 is 6.19 Å². The average molecular weight is 146 g/mol. The second-order valence-corrected chi connectivity index (χ2v) is 2.93. The highest BCUT2D eigenvalue weighted by molar-refractivity contribution is 8.09. The predicted octanol–water partition coefficient (Wildman–Crippen LogP) is 1.98. The van der Waals surface area contributed by atoms with E-state index in [1.165, 1.54) is 19.3 Å². The van der Waals surface area contributed by atoms with Crippen molar-refractivity contribution >= 4 is 18.7 Å². The number of rotatable bonds is 5. The minimum Gasteiger partial charge on any atom is -0.442 e. The van der Waals surface area contributed by atoms with E-state index in [0.29, 0.717) is 0 Å². The Hall–Kier alpha value is 0.375. The SMILES string of the molecule is CCCCCCB(O)S. The van der Waals surface area contributed by atoms with Crippen LogP contribution in [0.25, 0.3) is 0 Å². The van der Waals surface area contributed by atoms with Gasteiger partial charge in [0, 0.05) is 0 Å². The second kappa shape index (κ2) is 6.49. The fraction of sp³-hybridized carbons (Fsp3) is 1.00.